The normalized spacial score (nSPS) is 11.5. The van der Waals surface area contributed by atoms with Crippen molar-refractivity contribution in [3.05, 3.63) is 30.5 Å². The van der Waals surface area contributed by atoms with Gasteiger partial charge in [-0.05, 0) is 18.2 Å². The van der Waals surface area contributed by atoms with Gasteiger partial charge in [0.2, 0.25) is 15.9 Å². The summed E-state index contributed by atoms with van der Waals surface area (Å²) in [6.07, 6.45) is 1.60. The van der Waals surface area contributed by atoms with Gasteiger partial charge in [0.1, 0.15) is 12.3 Å². The predicted octanol–water partition coefficient (Wildman–Crippen LogP) is 0.604. The number of carboxylic acid groups (broad SMARTS) is 1. The zero-order chi connectivity index (χ0) is 17.0. The van der Waals surface area contributed by atoms with Gasteiger partial charge in [-0.3, -0.25) is 9.59 Å². The van der Waals surface area contributed by atoms with Crippen molar-refractivity contribution in [3.8, 4) is 0 Å². The van der Waals surface area contributed by atoms with Gasteiger partial charge >= 0.3 is 5.97 Å². The minimum atomic E-state index is -3.66. The van der Waals surface area contributed by atoms with Crippen LogP contribution in [0.15, 0.2) is 30.5 Å². The number of benzene rings is 1. The van der Waals surface area contributed by atoms with E-state index in [0.29, 0.717) is 16.6 Å². The number of nitrogens with zero attached hydrogens (tertiary/aromatic N) is 1. The van der Waals surface area contributed by atoms with E-state index in [2.05, 4.69) is 10.0 Å². The van der Waals surface area contributed by atoms with Crippen molar-refractivity contribution in [2.75, 3.05) is 17.6 Å². The summed E-state index contributed by atoms with van der Waals surface area (Å²) >= 11 is 0. The summed E-state index contributed by atoms with van der Waals surface area (Å²) in [5.41, 5.74) is 1.07. The lowest BCUT2D eigenvalue weighted by molar-refractivity contribution is -0.137. The highest BCUT2D eigenvalue weighted by atomic mass is 32.2. The zero-order valence-electron chi connectivity index (χ0n) is 12.4. The number of carboxylic acids is 1. The SMILES string of the molecule is CCNS(=O)(=O)CC(=O)Nc1cccc2c1ccn2CC(=O)O. The molecule has 9 heteroatoms. The Bertz CT molecular complexity index is 841. The second-order valence-corrected chi connectivity index (χ2v) is 6.69. The van der Waals surface area contributed by atoms with Gasteiger partial charge in [-0.25, -0.2) is 13.1 Å². The first-order chi connectivity index (χ1) is 10.8. The molecule has 0 atom stereocenters. The van der Waals surface area contributed by atoms with E-state index < -0.39 is 27.7 Å². The number of nitrogens with one attached hydrogen (secondary N) is 2. The third-order valence-electron chi connectivity index (χ3n) is 3.08. The molecular formula is C14H17N3O5S. The number of sulfonamides is 1. The van der Waals surface area contributed by atoms with E-state index in [9.17, 15) is 18.0 Å². The van der Waals surface area contributed by atoms with Crippen molar-refractivity contribution in [1.82, 2.24) is 9.29 Å². The van der Waals surface area contributed by atoms with Gasteiger partial charge in [-0.2, -0.15) is 0 Å². The fraction of sp³-hybridized carbons (Fsp3) is 0.286. The number of carbonyl (C=O) groups excluding carboxylic acids is 1. The van der Waals surface area contributed by atoms with Crippen molar-refractivity contribution in [2.24, 2.45) is 0 Å². The highest BCUT2D eigenvalue weighted by molar-refractivity contribution is 7.90. The molecule has 0 bridgehead atoms. The van der Waals surface area contributed by atoms with Crippen LogP contribution in [0, 0.1) is 0 Å². The summed E-state index contributed by atoms with van der Waals surface area (Å²) in [6, 6.07) is 6.69. The molecule has 0 spiro atoms. The van der Waals surface area contributed by atoms with Crippen molar-refractivity contribution in [3.63, 3.8) is 0 Å². The maximum Gasteiger partial charge on any atom is 0.323 e. The monoisotopic (exact) mass is 339 g/mol. The molecule has 1 aromatic carbocycles. The zero-order valence-corrected chi connectivity index (χ0v) is 13.3. The van der Waals surface area contributed by atoms with Crippen LogP contribution in [-0.2, 0) is 26.2 Å². The fourth-order valence-corrected chi connectivity index (χ4v) is 3.21. The average Bonchev–Trinajstić information content (AvgIpc) is 2.81. The highest BCUT2D eigenvalue weighted by Gasteiger charge is 2.16. The molecule has 2 aromatic rings. The van der Waals surface area contributed by atoms with E-state index in [1.54, 1.807) is 37.4 Å². The Labute approximate surface area is 133 Å². The molecule has 0 saturated carbocycles. The molecule has 1 amide bonds. The van der Waals surface area contributed by atoms with Crippen LogP contribution in [0.3, 0.4) is 0 Å². The fourth-order valence-electron chi connectivity index (χ4n) is 2.25. The molecule has 23 heavy (non-hydrogen) atoms. The van der Waals surface area contributed by atoms with Crippen LogP contribution in [0.4, 0.5) is 5.69 Å². The Morgan fingerprint density at radius 1 is 1.26 bits per heavy atom. The Balaban J connectivity index is 2.22. The molecule has 1 aromatic heterocycles. The quantitative estimate of drug-likeness (QED) is 0.683. The summed E-state index contributed by atoms with van der Waals surface area (Å²) in [6.45, 7) is 1.64. The first-order valence-corrected chi connectivity index (χ1v) is 8.54. The van der Waals surface area contributed by atoms with Crippen molar-refractivity contribution in [2.45, 2.75) is 13.5 Å². The molecule has 8 nitrogen and oxygen atoms in total. The lowest BCUT2D eigenvalue weighted by Crippen LogP contribution is -2.32. The molecular weight excluding hydrogens is 322 g/mol. The van der Waals surface area contributed by atoms with Gasteiger partial charge < -0.3 is 15.0 Å². The highest BCUT2D eigenvalue weighted by Crippen LogP contribution is 2.24. The van der Waals surface area contributed by atoms with E-state index in [0.717, 1.165) is 0 Å². The van der Waals surface area contributed by atoms with Gasteiger partial charge in [0.25, 0.3) is 0 Å². The number of amides is 1. The van der Waals surface area contributed by atoms with Crippen LogP contribution in [0.5, 0.6) is 0 Å². The summed E-state index contributed by atoms with van der Waals surface area (Å²) in [7, 11) is -3.66. The minimum absolute atomic E-state index is 0.199. The molecule has 0 aliphatic heterocycles. The number of rotatable bonds is 7. The maximum atomic E-state index is 11.9. The topological polar surface area (TPSA) is 117 Å². The van der Waals surface area contributed by atoms with Gasteiger partial charge in [-0.1, -0.05) is 13.0 Å². The van der Waals surface area contributed by atoms with Gasteiger partial charge in [0, 0.05) is 18.1 Å². The minimum Gasteiger partial charge on any atom is -0.480 e. The second-order valence-electron chi connectivity index (χ2n) is 4.88. The first-order valence-electron chi connectivity index (χ1n) is 6.89. The predicted molar refractivity (Wildman–Crippen MR) is 85.7 cm³/mol. The smallest absolute Gasteiger partial charge is 0.323 e. The molecule has 0 saturated heterocycles. The molecule has 0 fully saturated rings. The number of carbonyl (C=O) groups is 2. The maximum absolute atomic E-state index is 11.9. The number of aromatic nitrogens is 1. The van der Waals surface area contributed by atoms with Crippen LogP contribution < -0.4 is 10.0 Å². The third kappa shape index (κ3) is 4.30. The Hall–Kier alpha value is -2.39. The standard InChI is InChI=1S/C14H17N3O5S/c1-2-15-23(21,22)9-13(18)16-11-4-3-5-12-10(11)6-7-17(12)8-14(19)20/h3-7,15H,2,8-9H2,1H3,(H,16,18)(H,19,20). The van der Waals surface area contributed by atoms with Crippen LogP contribution in [0.25, 0.3) is 10.9 Å². The van der Waals surface area contributed by atoms with E-state index >= 15 is 0 Å². The number of aliphatic carboxylic acids is 1. The molecule has 2 rings (SSSR count). The van der Waals surface area contributed by atoms with E-state index in [1.165, 1.54) is 4.57 Å². The molecule has 0 aliphatic carbocycles. The number of fused-ring (bicyclic) bond motifs is 1. The summed E-state index contributed by atoms with van der Waals surface area (Å²) in [5.74, 6) is -2.31. The van der Waals surface area contributed by atoms with E-state index in [1.807, 2.05) is 0 Å². The molecule has 0 unspecified atom stereocenters. The number of anilines is 1. The molecule has 3 N–H and O–H groups in total. The second kappa shape index (κ2) is 6.80. The Kier molecular flexibility index (Phi) is 5.02. The van der Waals surface area contributed by atoms with Gasteiger partial charge in [0.15, 0.2) is 0 Å². The van der Waals surface area contributed by atoms with E-state index in [4.69, 9.17) is 5.11 Å². The van der Waals surface area contributed by atoms with Crippen molar-refractivity contribution < 1.29 is 23.1 Å². The number of hydrogen-bond donors (Lipinski definition) is 3. The van der Waals surface area contributed by atoms with Gasteiger partial charge in [0.05, 0.1) is 11.2 Å². The molecule has 124 valence electrons. The average molecular weight is 339 g/mol. The molecule has 0 aliphatic rings. The van der Waals surface area contributed by atoms with Crippen molar-refractivity contribution >= 4 is 38.5 Å². The Morgan fingerprint density at radius 2 is 2.00 bits per heavy atom. The summed E-state index contributed by atoms with van der Waals surface area (Å²) in [5, 5.41) is 12.1. The number of hydrogen-bond acceptors (Lipinski definition) is 4. The first kappa shape index (κ1) is 17.0. The van der Waals surface area contributed by atoms with E-state index in [-0.39, 0.29) is 13.1 Å². The van der Waals surface area contributed by atoms with Crippen molar-refractivity contribution in [1.29, 1.82) is 0 Å². The summed E-state index contributed by atoms with van der Waals surface area (Å²) in [4.78, 5) is 22.7. The van der Waals surface area contributed by atoms with Crippen LogP contribution in [-0.4, -0.2) is 42.3 Å². The van der Waals surface area contributed by atoms with Crippen LogP contribution >= 0.6 is 0 Å². The lowest BCUT2D eigenvalue weighted by Gasteiger charge is -2.08. The van der Waals surface area contributed by atoms with Crippen LogP contribution in [0.2, 0.25) is 0 Å². The Morgan fingerprint density at radius 3 is 2.65 bits per heavy atom. The van der Waals surface area contributed by atoms with Crippen LogP contribution in [0.1, 0.15) is 6.92 Å². The molecule has 0 radical (unpaired) electrons. The van der Waals surface area contributed by atoms with Gasteiger partial charge in [-0.15, -0.1) is 0 Å². The summed E-state index contributed by atoms with van der Waals surface area (Å²) < 4.78 is 26.9. The third-order valence-corrected chi connectivity index (χ3v) is 4.45. The lowest BCUT2D eigenvalue weighted by atomic mass is 10.2. The largest absolute Gasteiger partial charge is 0.480 e. The molecule has 1 heterocycles.